The van der Waals surface area contributed by atoms with E-state index >= 15 is 0 Å². The van der Waals surface area contributed by atoms with Crippen LogP contribution in [0.4, 0.5) is 0 Å². The van der Waals surface area contributed by atoms with Gasteiger partial charge in [-0.1, -0.05) is 6.92 Å². The van der Waals surface area contributed by atoms with Gasteiger partial charge in [0.05, 0.1) is 0 Å². The highest BCUT2D eigenvalue weighted by molar-refractivity contribution is 5.94. The van der Waals surface area contributed by atoms with Crippen LogP contribution in [0.5, 0.6) is 0 Å². The molecular formula is C15H22N2O3. The van der Waals surface area contributed by atoms with E-state index in [1.165, 1.54) is 10.6 Å². The van der Waals surface area contributed by atoms with E-state index in [4.69, 9.17) is 4.74 Å². The number of nitrogens with zero attached hydrogens (tertiary/aromatic N) is 1. The van der Waals surface area contributed by atoms with Gasteiger partial charge in [0.2, 0.25) is 0 Å². The molecule has 0 bridgehead atoms. The number of aryl methyl sites for hydroxylation is 1. The van der Waals surface area contributed by atoms with Gasteiger partial charge in [-0.25, -0.2) is 0 Å². The zero-order chi connectivity index (χ0) is 14.5. The Labute approximate surface area is 118 Å². The zero-order valence-electron chi connectivity index (χ0n) is 12.1. The fraction of sp³-hybridized carbons (Fsp3) is 0.600. The minimum atomic E-state index is -0.170. The smallest absolute Gasteiger partial charge is 0.251 e. The molecule has 1 aromatic heterocycles. The Morgan fingerprint density at radius 3 is 2.80 bits per heavy atom. The van der Waals surface area contributed by atoms with Crippen molar-refractivity contribution in [2.45, 2.75) is 32.2 Å². The fourth-order valence-electron chi connectivity index (χ4n) is 2.61. The molecule has 1 saturated heterocycles. The first-order valence-corrected chi connectivity index (χ1v) is 7.17. The number of rotatable bonds is 4. The third kappa shape index (κ3) is 3.48. The summed E-state index contributed by atoms with van der Waals surface area (Å²) in [7, 11) is 1.67. The van der Waals surface area contributed by atoms with Crippen LogP contribution in [0.3, 0.4) is 0 Å². The lowest BCUT2D eigenvalue weighted by Gasteiger charge is -2.30. The minimum Gasteiger partial charge on any atom is -0.381 e. The molecule has 1 aliphatic rings. The van der Waals surface area contributed by atoms with Crippen LogP contribution in [0.15, 0.2) is 23.1 Å². The first-order chi connectivity index (χ1) is 9.61. The van der Waals surface area contributed by atoms with Crippen LogP contribution >= 0.6 is 0 Å². The van der Waals surface area contributed by atoms with Crippen LogP contribution in [0.25, 0.3) is 0 Å². The molecule has 110 valence electrons. The highest BCUT2D eigenvalue weighted by Gasteiger charge is 2.24. The van der Waals surface area contributed by atoms with Crippen molar-refractivity contribution < 1.29 is 9.53 Å². The number of nitrogens with one attached hydrogen (secondary N) is 1. The largest absolute Gasteiger partial charge is 0.381 e. The van der Waals surface area contributed by atoms with E-state index in [0.717, 1.165) is 32.5 Å². The molecule has 1 fully saturated rings. The number of carbonyl (C=O) groups excluding carboxylic acids is 1. The highest BCUT2D eigenvalue weighted by atomic mass is 16.5. The third-order valence-corrected chi connectivity index (χ3v) is 3.96. The second kappa shape index (κ2) is 6.70. The molecule has 1 aliphatic heterocycles. The Hall–Kier alpha value is -1.62. The predicted molar refractivity (Wildman–Crippen MR) is 76.8 cm³/mol. The first kappa shape index (κ1) is 14.8. The Kier molecular flexibility index (Phi) is 4.95. The van der Waals surface area contributed by atoms with Crippen molar-refractivity contribution in [3.8, 4) is 0 Å². The molecule has 5 heteroatoms. The molecule has 0 aliphatic carbocycles. The number of ether oxygens (including phenoxy) is 1. The molecule has 0 saturated carbocycles. The molecule has 5 nitrogen and oxygen atoms in total. The van der Waals surface area contributed by atoms with Gasteiger partial charge in [-0.3, -0.25) is 9.59 Å². The summed E-state index contributed by atoms with van der Waals surface area (Å²) in [4.78, 5) is 23.8. The van der Waals surface area contributed by atoms with Crippen molar-refractivity contribution in [2.24, 2.45) is 13.0 Å². The van der Waals surface area contributed by atoms with Gasteiger partial charge in [0.15, 0.2) is 0 Å². The number of hydrogen-bond donors (Lipinski definition) is 1. The summed E-state index contributed by atoms with van der Waals surface area (Å²) < 4.78 is 6.81. The lowest BCUT2D eigenvalue weighted by atomic mass is 9.90. The highest BCUT2D eigenvalue weighted by Crippen LogP contribution is 2.21. The van der Waals surface area contributed by atoms with Crippen molar-refractivity contribution >= 4 is 5.91 Å². The lowest BCUT2D eigenvalue weighted by Crippen LogP contribution is -2.42. The summed E-state index contributed by atoms with van der Waals surface area (Å²) in [5.74, 6) is 0.297. The molecule has 1 aromatic rings. The van der Waals surface area contributed by atoms with Crippen LogP contribution in [-0.2, 0) is 11.8 Å². The van der Waals surface area contributed by atoms with Crippen molar-refractivity contribution in [1.82, 2.24) is 9.88 Å². The Balaban J connectivity index is 2.04. The molecule has 0 aromatic carbocycles. The van der Waals surface area contributed by atoms with Crippen LogP contribution in [0.1, 0.15) is 36.5 Å². The average Bonchev–Trinajstić information content (AvgIpc) is 2.48. The average molecular weight is 278 g/mol. The molecule has 1 amide bonds. The maximum absolute atomic E-state index is 12.2. The lowest BCUT2D eigenvalue weighted by molar-refractivity contribution is 0.0510. The molecule has 2 heterocycles. The predicted octanol–water partition coefficient (Wildman–Crippen LogP) is 1.32. The summed E-state index contributed by atoms with van der Waals surface area (Å²) in [5.41, 5.74) is 0.260. The van der Waals surface area contributed by atoms with Gasteiger partial charge in [0.1, 0.15) is 0 Å². The zero-order valence-corrected chi connectivity index (χ0v) is 12.1. The van der Waals surface area contributed by atoms with Gasteiger partial charge in [-0.05, 0) is 31.2 Å². The molecule has 0 spiro atoms. The summed E-state index contributed by atoms with van der Waals surface area (Å²) in [5, 5.41) is 3.06. The van der Waals surface area contributed by atoms with Crippen LogP contribution in [0.2, 0.25) is 0 Å². The maximum atomic E-state index is 12.2. The van der Waals surface area contributed by atoms with E-state index in [9.17, 15) is 9.59 Å². The molecule has 1 N–H and O–H groups in total. The summed E-state index contributed by atoms with van der Waals surface area (Å²) in [6, 6.07) is 3.20. The Morgan fingerprint density at radius 1 is 1.50 bits per heavy atom. The normalized spacial score (nSPS) is 17.7. The number of amides is 1. The van der Waals surface area contributed by atoms with Crippen molar-refractivity contribution in [2.75, 3.05) is 13.2 Å². The van der Waals surface area contributed by atoms with Gasteiger partial charge in [-0.15, -0.1) is 0 Å². The summed E-state index contributed by atoms with van der Waals surface area (Å²) in [6.07, 6.45) is 4.47. The van der Waals surface area contributed by atoms with E-state index in [1.807, 2.05) is 0 Å². The van der Waals surface area contributed by atoms with Gasteiger partial charge >= 0.3 is 0 Å². The SMILES string of the molecule is CCC(NC(=O)c1ccn(C)c(=O)c1)C1CCOCC1. The van der Waals surface area contributed by atoms with Crippen molar-refractivity contribution in [1.29, 1.82) is 0 Å². The fourth-order valence-corrected chi connectivity index (χ4v) is 2.61. The van der Waals surface area contributed by atoms with Gasteiger partial charge in [0, 0.05) is 44.1 Å². The first-order valence-electron chi connectivity index (χ1n) is 7.17. The maximum Gasteiger partial charge on any atom is 0.251 e. The number of aromatic nitrogens is 1. The number of hydrogen-bond acceptors (Lipinski definition) is 3. The summed E-state index contributed by atoms with van der Waals surface area (Å²) >= 11 is 0. The monoisotopic (exact) mass is 278 g/mol. The quantitative estimate of drug-likeness (QED) is 0.903. The van der Waals surface area contributed by atoms with Gasteiger partial charge in [0.25, 0.3) is 11.5 Å². The van der Waals surface area contributed by atoms with Gasteiger partial charge < -0.3 is 14.6 Å². The molecule has 1 unspecified atom stereocenters. The second-order valence-corrected chi connectivity index (χ2v) is 5.30. The number of pyridine rings is 1. The van der Waals surface area contributed by atoms with Crippen molar-refractivity contribution in [3.63, 3.8) is 0 Å². The van der Waals surface area contributed by atoms with Crippen molar-refractivity contribution in [3.05, 3.63) is 34.2 Å². The standard InChI is InChI=1S/C15H22N2O3/c1-3-13(11-5-8-20-9-6-11)16-15(19)12-4-7-17(2)14(18)10-12/h4,7,10-11,13H,3,5-6,8-9H2,1-2H3,(H,16,19). The Bertz CT molecular complexity index is 518. The second-order valence-electron chi connectivity index (χ2n) is 5.30. The van der Waals surface area contributed by atoms with E-state index in [2.05, 4.69) is 12.2 Å². The molecular weight excluding hydrogens is 256 g/mol. The van der Waals surface area contributed by atoms with E-state index < -0.39 is 0 Å². The van der Waals surface area contributed by atoms with Crippen LogP contribution in [0, 0.1) is 5.92 Å². The van der Waals surface area contributed by atoms with Crippen LogP contribution in [-0.4, -0.2) is 29.7 Å². The van der Waals surface area contributed by atoms with E-state index in [0.29, 0.717) is 11.5 Å². The van der Waals surface area contributed by atoms with Crippen LogP contribution < -0.4 is 10.9 Å². The minimum absolute atomic E-state index is 0.149. The third-order valence-electron chi connectivity index (χ3n) is 3.96. The van der Waals surface area contributed by atoms with Gasteiger partial charge in [-0.2, -0.15) is 0 Å². The molecule has 0 radical (unpaired) electrons. The topological polar surface area (TPSA) is 60.3 Å². The molecule has 2 rings (SSSR count). The molecule has 20 heavy (non-hydrogen) atoms. The Morgan fingerprint density at radius 2 is 2.20 bits per heavy atom. The van der Waals surface area contributed by atoms with E-state index in [1.54, 1.807) is 19.3 Å². The molecule has 1 atom stereocenters. The number of carbonyl (C=O) groups is 1. The summed E-state index contributed by atoms with van der Waals surface area (Å²) in [6.45, 7) is 3.61. The van der Waals surface area contributed by atoms with E-state index in [-0.39, 0.29) is 17.5 Å².